The minimum Gasteiger partial charge on any atom is -0.358 e. The lowest BCUT2D eigenvalue weighted by Gasteiger charge is -2.06. The Morgan fingerprint density at radius 3 is 2.23 bits per heavy atom. The van der Waals surface area contributed by atoms with Crippen LogP contribution in [0.5, 0.6) is 0 Å². The number of aryl methyl sites for hydroxylation is 2. The lowest BCUT2D eigenvalue weighted by atomic mass is 10.1. The molecule has 1 amide bonds. The fourth-order valence-electron chi connectivity index (χ4n) is 4.15. The first-order valence-corrected chi connectivity index (χ1v) is 10.1. The summed E-state index contributed by atoms with van der Waals surface area (Å²) in [6, 6.07) is 24.7. The van der Waals surface area contributed by atoms with Crippen LogP contribution in [0.4, 0.5) is 0 Å². The molecule has 5 rings (SSSR count). The molecule has 0 atom stereocenters. The number of hydrogen-bond acceptors (Lipinski definition) is 2. The van der Waals surface area contributed by atoms with Gasteiger partial charge in [-0.1, -0.05) is 54.6 Å². The second kappa shape index (κ2) is 7.52. The predicted molar refractivity (Wildman–Crippen MR) is 123 cm³/mol. The molecular formula is C25H22N4O. The van der Waals surface area contributed by atoms with Crippen molar-refractivity contribution < 1.29 is 4.79 Å². The molecule has 0 saturated heterocycles. The van der Waals surface area contributed by atoms with E-state index in [0.717, 1.165) is 33.2 Å². The first-order valence-electron chi connectivity index (χ1n) is 10.1. The van der Waals surface area contributed by atoms with Crippen LogP contribution >= 0.6 is 0 Å². The van der Waals surface area contributed by atoms with Gasteiger partial charge in [0.1, 0.15) is 0 Å². The number of nitrogens with one attached hydrogen (secondary N) is 2. The molecule has 2 heterocycles. The van der Waals surface area contributed by atoms with Gasteiger partial charge in [-0.25, -0.2) is 5.43 Å². The molecule has 3 aromatic carbocycles. The molecule has 5 aromatic rings. The molecule has 5 nitrogen and oxygen atoms in total. The summed E-state index contributed by atoms with van der Waals surface area (Å²) in [6.45, 7) is 2.60. The van der Waals surface area contributed by atoms with Crippen LogP contribution in [0, 0.1) is 6.92 Å². The van der Waals surface area contributed by atoms with Crippen LogP contribution in [0.3, 0.4) is 0 Å². The van der Waals surface area contributed by atoms with E-state index in [-0.39, 0.29) is 5.91 Å². The number of H-pyrrole nitrogens is 1. The number of aromatic amines is 1. The topological polar surface area (TPSA) is 62.2 Å². The summed E-state index contributed by atoms with van der Waals surface area (Å²) in [6.07, 6.45) is 2.07. The van der Waals surface area contributed by atoms with Gasteiger partial charge in [0, 0.05) is 56.9 Å². The number of hydrazone groups is 1. The predicted octanol–water partition coefficient (Wildman–Crippen LogP) is 5.12. The van der Waals surface area contributed by atoms with Gasteiger partial charge < -0.3 is 9.55 Å². The SMILES string of the molecule is Cc1[nH]c2ccccc2c1/C=N\NC(=O)CCn1c2ccccc2c2ccccc21. The third kappa shape index (κ3) is 3.14. The normalized spacial score (nSPS) is 11.8. The van der Waals surface area contributed by atoms with Gasteiger partial charge in [0.2, 0.25) is 5.91 Å². The zero-order chi connectivity index (χ0) is 20.5. The fraction of sp³-hybridized carbons (Fsp3) is 0.120. The summed E-state index contributed by atoms with van der Waals surface area (Å²) < 4.78 is 2.21. The zero-order valence-electron chi connectivity index (χ0n) is 16.7. The Bertz CT molecular complexity index is 1350. The van der Waals surface area contributed by atoms with Gasteiger partial charge >= 0.3 is 0 Å². The number of carbonyl (C=O) groups excluding carboxylic acids is 1. The van der Waals surface area contributed by atoms with Crippen molar-refractivity contribution in [1.82, 2.24) is 15.0 Å². The quantitative estimate of drug-likeness (QED) is 0.315. The van der Waals surface area contributed by atoms with Crippen molar-refractivity contribution in [2.24, 2.45) is 5.10 Å². The van der Waals surface area contributed by atoms with Crippen LogP contribution in [0.15, 0.2) is 77.9 Å². The third-order valence-corrected chi connectivity index (χ3v) is 5.57. The highest BCUT2D eigenvalue weighted by Crippen LogP contribution is 2.28. The van der Waals surface area contributed by atoms with Gasteiger partial charge in [-0.05, 0) is 25.1 Å². The molecular weight excluding hydrogens is 372 g/mol. The number of carbonyl (C=O) groups is 1. The number of fused-ring (bicyclic) bond motifs is 4. The second-order valence-electron chi connectivity index (χ2n) is 7.44. The van der Waals surface area contributed by atoms with E-state index in [1.807, 2.05) is 55.5 Å². The number of hydrogen-bond donors (Lipinski definition) is 2. The highest BCUT2D eigenvalue weighted by molar-refractivity contribution is 6.08. The van der Waals surface area contributed by atoms with Gasteiger partial charge in [0.25, 0.3) is 0 Å². The van der Waals surface area contributed by atoms with Gasteiger partial charge in [-0.2, -0.15) is 5.10 Å². The lowest BCUT2D eigenvalue weighted by molar-refractivity contribution is -0.121. The van der Waals surface area contributed by atoms with Gasteiger partial charge in [0.15, 0.2) is 0 Å². The Labute approximate surface area is 174 Å². The Balaban J connectivity index is 1.32. The number of benzene rings is 3. The molecule has 5 heteroatoms. The Kier molecular flexibility index (Phi) is 4.56. The van der Waals surface area contributed by atoms with Crippen LogP contribution in [0.25, 0.3) is 32.7 Å². The van der Waals surface area contributed by atoms with E-state index in [9.17, 15) is 4.79 Å². The standard InChI is InChI=1S/C25H22N4O/c1-17-21(18-8-2-5-11-22(18)27-17)16-26-28-25(30)14-15-29-23-12-6-3-9-19(23)20-10-4-7-13-24(20)29/h2-13,16,27H,14-15H2,1H3,(H,28,30)/b26-16-. The summed E-state index contributed by atoms with van der Waals surface area (Å²) in [5.41, 5.74) is 8.05. The summed E-state index contributed by atoms with van der Waals surface area (Å²) in [5.74, 6) is -0.106. The van der Waals surface area contributed by atoms with E-state index in [2.05, 4.69) is 44.3 Å². The van der Waals surface area contributed by atoms with Crippen molar-refractivity contribution in [3.8, 4) is 0 Å². The monoisotopic (exact) mass is 394 g/mol. The van der Waals surface area contributed by atoms with Crippen LogP contribution in [-0.2, 0) is 11.3 Å². The Hall–Kier alpha value is -3.86. The van der Waals surface area contributed by atoms with Crippen LogP contribution < -0.4 is 5.43 Å². The molecule has 0 radical (unpaired) electrons. The molecule has 2 N–H and O–H groups in total. The maximum atomic E-state index is 12.4. The molecule has 0 saturated carbocycles. The van der Waals surface area contributed by atoms with E-state index in [4.69, 9.17) is 0 Å². The average molecular weight is 394 g/mol. The maximum absolute atomic E-state index is 12.4. The van der Waals surface area contributed by atoms with E-state index in [0.29, 0.717) is 13.0 Å². The molecule has 0 unspecified atom stereocenters. The maximum Gasteiger partial charge on any atom is 0.241 e. The minimum atomic E-state index is -0.106. The van der Waals surface area contributed by atoms with Crippen molar-refractivity contribution in [2.45, 2.75) is 19.9 Å². The highest BCUT2D eigenvalue weighted by atomic mass is 16.2. The van der Waals surface area contributed by atoms with Crippen LogP contribution in [0.1, 0.15) is 17.7 Å². The van der Waals surface area contributed by atoms with E-state index < -0.39 is 0 Å². The molecule has 0 aliphatic heterocycles. The summed E-state index contributed by atoms with van der Waals surface area (Å²) in [7, 11) is 0. The summed E-state index contributed by atoms with van der Waals surface area (Å²) in [5, 5.41) is 7.71. The number of aromatic nitrogens is 2. The molecule has 0 fully saturated rings. The van der Waals surface area contributed by atoms with Gasteiger partial charge in [-0.15, -0.1) is 0 Å². The summed E-state index contributed by atoms with van der Waals surface area (Å²) in [4.78, 5) is 15.8. The number of rotatable bonds is 5. The Morgan fingerprint density at radius 1 is 0.933 bits per heavy atom. The van der Waals surface area contributed by atoms with Crippen molar-refractivity contribution in [3.05, 3.63) is 84.1 Å². The minimum absolute atomic E-state index is 0.106. The average Bonchev–Trinajstić information content (AvgIpc) is 3.27. The largest absolute Gasteiger partial charge is 0.358 e. The van der Waals surface area contributed by atoms with E-state index in [1.165, 1.54) is 10.8 Å². The fourth-order valence-corrected chi connectivity index (χ4v) is 4.15. The molecule has 148 valence electrons. The smallest absolute Gasteiger partial charge is 0.241 e. The molecule has 0 bridgehead atoms. The van der Waals surface area contributed by atoms with Crippen LogP contribution in [-0.4, -0.2) is 21.7 Å². The molecule has 0 aliphatic rings. The van der Waals surface area contributed by atoms with Gasteiger partial charge in [-0.3, -0.25) is 4.79 Å². The van der Waals surface area contributed by atoms with E-state index in [1.54, 1.807) is 6.21 Å². The second-order valence-corrected chi connectivity index (χ2v) is 7.44. The van der Waals surface area contributed by atoms with Crippen molar-refractivity contribution >= 4 is 44.8 Å². The molecule has 0 spiro atoms. The lowest BCUT2D eigenvalue weighted by Crippen LogP contribution is -2.19. The van der Waals surface area contributed by atoms with E-state index >= 15 is 0 Å². The molecule has 0 aliphatic carbocycles. The Morgan fingerprint density at radius 2 is 1.53 bits per heavy atom. The number of para-hydroxylation sites is 3. The first kappa shape index (κ1) is 18.2. The zero-order valence-corrected chi connectivity index (χ0v) is 16.7. The molecule has 30 heavy (non-hydrogen) atoms. The molecule has 2 aromatic heterocycles. The van der Waals surface area contributed by atoms with Crippen molar-refractivity contribution in [2.75, 3.05) is 0 Å². The highest BCUT2D eigenvalue weighted by Gasteiger charge is 2.11. The van der Waals surface area contributed by atoms with Crippen molar-refractivity contribution in [1.29, 1.82) is 0 Å². The van der Waals surface area contributed by atoms with Crippen LogP contribution in [0.2, 0.25) is 0 Å². The number of nitrogens with zero attached hydrogens (tertiary/aromatic N) is 2. The third-order valence-electron chi connectivity index (χ3n) is 5.57. The van der Waals surface area contributed by atoms with Gasteiger partial charge in [0.05, 0.1) is 6.21 Å². The summed E-state index contributed by atoms with van der Waals surface area (Å²) >= 11 is 0. The van der Waals surface area contributed by atoms with Crippen molar-refractivity contribution in [3.63, 3.8) is 0 Å². The number of amides is 1. The first-order chi connectivity index (χ1) is 14.7.